The minimum absolute atomic E-state index is 0.604. The molecule has 1 aromatic heterocycles. The average molecular weight is 151 g/mol. The molecule has 0 aromatic carbocycles. The van der Waals surface area contributed by atoms with Gasteiger partial charge in [0.25, 0.3) is 0 Å². The maximum atomic E-state index is 5.53. The topological polar surface area (TPSA) is 43.8 Å². The third-order valence-corrected chi connectivity index (χ3v) is 2.14. The van der Waals surface area contributed by atoms with E-state index < -0.39 is 0 Å². The summed E-state index contributed by atoms with van der Waals surface area (Å²) in [6.45, 7) is 1.67. The highest BCUT2D eigenvalue weighted by atomic mass is 15.3. The van der Waals surface area contributed by atoms with Crippen LogP contribution in [0.3, 0.4) is 0 Å². The molecule has 0 atom stereocenters. The number of nitrogens with zero attached hydrogens (tertiary/aromatic N) is 2. The number of aromatic nitrogens is 2. The van der Waals surface area contributed by atoms with Crippen molar-refractivity contribution >= 4 is 0 Å². The third kappa shape index (κ3) is 1.43. The summed E-state index contributed by atoms with van der Waals surface area (Å²) in [7, 11) is 0. The first-order valence-electron chi connectivity index (χ1n) is 4.11. The zero-order chi connectivity index (χ0) is 7.68. The summed E-state index contributed by atoms with van der Waals surface area (Å²) >= 11 is 0. The zero-order valence-electron chi connectivity index (χ0n) is 6.53. The highest BCUT2D eigenvalue weighted by Gasteiger charge is 2.22. The highest BCUT2D eigenvalue weighted by Crippen LogP contribution is 2.30. The summed E-state index contributed by atoms with van der Waals surface area (Å²) in [6.07, 6.45) is 4.55. The van der Waals surface area contributed by atoms with Gasteiger partial charge in [0.2, 0.25) is 0 Å². The Bertz CT molecular complexity index is 237. The van der Waals surface area contributed by atoms with E-state index in [1.807, 2.05) is 16.9 Å². The molecule has 1 aromatic rings. The molecule has 0 unspecified atom stereocenters. The SMILES string of the molecule is NCc1ccnn1CC1CC1. The predicted octanol–water partition coefficient (Wildman–Crippen LogP) is 0.752. The Morgan fingerprint density at radius 3 is 3.09 bits per heavy atom. The second-order valence-corrected chi connectivity index (χ2v) is 3.15. The van der Waals surface area contributed by atoms with Gasteiger partial charge < -0.3 is 5.73 Å². The van der Waals surface area contributed by atoms with E-state index in [2.05, 4.69) is 5.10 Å². The van der Waals surface area contributed by atoms with Crippen LogP contribution in [-0.2, 0) is 13.1 Å². The summed E-state index contributed by atoms with van der Waals surface area (Å²) < 4.78 is 2.03. The van der Waals surface area contributed by atoms with Crippen LogP contribution >= 0.6 is 0 Å². The second kappa shape index (κ2) is 2.66. The molecule has 0 spiro atoms. The van der Waals surface area contributed by atoms with Crippen LogP contribution in [0.2, 0.25) is 0 Å². The van der Waals surface area contributed by atoms with Crippen molar-refractivity contribution in [2.75, 3.05) is 0 Å². The molecule has 1 heterocycles. The molecule has 3 heteroatoms. The molecule has 2 N–H and O–H groups in total. The van der Waals surface area contributed by atoms with E-state index in [9.17, 15) is 0 Å². The van der Waals surface area contributed by atoms with Gasteiger partial charge in [0.1, 0.15) is 0 Å². The van der Waals surface area contributed by atoms with E-state index in [-0.39, 0.29) is 0 Å². The van der Waals surface area contributed by atoms with Gasteiger partial charge in [-0.1, -0.05) is 0 Å². The van der Waals surface area contributed by atoms with Gasteiger partial charge >= 0.3 is 0 Å². The van der Waals surface area contributed by atoms with Crippen molar-refractivity contribution in [3.05, 3.63) is 18.0 Å². The van der Waals surface area contributed by atoms with E-state index >= 15 is 0 Å². The van der Waals surface area contributed by atoms with Crippen LogP contribution in [0.15, 0.2) is 12.3 Å². The normalized spacial score (nSPS) is 17.2. The van der Waals surface area contributed by atoms with E-state index in [0.29, 0.717) is 6.54 Å². The van der Waals surface area contributed by atoms with E-state index in [1.165, 1.54) is 12.8 Å². The first-order valence-corrected chi connectivity index (χ1v) is 4.11. The third-order valence-electron chi connectivity index (χ3n) is 2.14. The van der Waals surface area contributed by atoms with Crippen molar-refractivity contribution in [1.82, 2.24) is 9.78 Å². The average Bonchev–Trinajstić information content (AvgIpc) is 2.68. The molecule has 60 valence electrons. The van der Waals surface area contributed by atoms with E-state index in [4.69, 9.17) is 5.73 Å². The molecular weight excluding hydrogens is 138 g/mol. The van der Waals surface area contributed by atoms with Gasteiger partial charge in [-0.05, 0) is 24.8 Å². The Kier molecular flexibility index (Phi) is 1.66. The second-order valence-electron chi connectivity index (χ2n) is 3.15. The van der Waals surface area contributed by atoms with Crippen LogP contribution in [0.5, 0.6) is 0 Å². The Hall–Kier alpha value is -0.830. The van der Waals surface area contributed by atoms with Crippen molar-refractivity contribution in [1.29, 1.82) is 0 Å². The minimum atomic E-state index is 0.604. The molecule has 0 saturated heterocycles. The standard InChI is InChI=1S/C8H13N3/c9-5-8-3-4-10-11(8)6-7-1-2-7/h3-4,7H,1-2,5-6,9H2. The van der Waals surface area contributed by atoms with Gasteiger partial charge in [0.05, 0.1) is 5.69 Å². The number of rotatable bonds is 3. The molecule has 2 rings (SSSR count). The van der Waals surface area contributed by atoms with Crippen LogP contribution in [0.25, 0.3) is 0 Å². The van der Waals surface area contributed by atoms with Crippen molar-refractivity contribution in [3.8, 4) is 0 Å². The highest BCUT2D eigenvalue weighted by molar-refractivity contribution is 5.00. The summed E-state index contributed by atoms with van der Waals surface area (Å²) in [4.78, 5) is 0. The number of hydrogen-bond acceptors (Lipinski definition) is 2. The Morgan fingerprint density at radius 1 is 1.64 bits per heavy atom. The largest absolute Gasteiger partial charge is 0.325 e. The lowest BCUT2D eigenvalue weighted by atomic mass is 10.4. The van der Waals surface area contributed by atoms with Crippen molar-refractivity contribution in [2.24, 2.45) is 11.7 Å². The number of nitrogens with two attached hydrogens (primary N) is 1. The fourth-order valence-electron chi connectivity index (χ4n) is 1.24. The lowest BCUT2D eigenvalue weighted by Gasteiger charge is -2.02. The molecule has 1 saturated carbocycles. The molecule has 1 aliphatic rings. The van der Waals surface area contributed by atoms with Crippen LogP contribution in [-0.4, -0.2) is 9.78 Å². The van der Waals surface area contributed by atoms with Gasteiger partial charge in [-0.3, -0.25) is 4.68 Å². The van der Waals surface area contributed by atoms with Gasteiger partial charge in [-0.2, -0.15) is 5.10 Å². The Labute approximate surface area is 66.2 Å². The molecule has 0 bridgehead atoms. The molecule has 1 aliphatic carbocycles. The molecule has 3 nitrogen and oxygen atoms in total. The van der Waals surface area contributed by atoms with Crippen LogP contribution in [0.1, 0.15) is 18.5 Å². The van der Waals surface area contributed by atoms with Crippen LogP contribution in [0, 0.1) is 5.92 Å². The van der Waals surface area contributed by atoms with Gasteiger partial charge in [-0.25, -0.2) is 0 Å². The van der Waals surface area contributed by atoms with Crippen LogP contribution < -0.4 is 5.73 Å². The minimum Gasteiger partial charge on any atom is -0.325 e. The lowest BCUT2D eigenvalue weighted by Crippen LogP contribution is -2.09. The summed E-state index contributed by atoms with van der Waals surface area (Å²) in [5, 5.41) is 4.20. The summed E-state index contributed by atoms with van der Waals surface area (Å²) in [6, 6.07) is 1.99. The zero-order valence-corrected chi connectivity index (χ0v) is 6.53. The molecule has 0 amide bonds. The van der Waals surface area contributed by atoms with Crippen molar-refractivity contribution in [3.63, 3.8) is 0 Å². The quantitative estimate of drug-likeness (QED) is 0.692. The maximum absolute atomic E-state index is 5.53. The fourth-order valence-corrected chi connectivity index (χ4v) is 1.24. The Morgan fingerprint density at radius 2 is 2.45 bits per heavy atom. The number of hydrogen-bond donors (Lipinski definition) is 1. The summed E-state index contributed by atoms with van der Waals surface area (Å²) in [5.41, 5.74) is 6.68. The molecular formula is C8H13N3. The fraction of sp³-hybridized carbons (Fsp3) is 0.625. The molecule has 11 heavy (non-hydrogen) atoms. The molecule has 0 aliphatic heterocycles. The van der Waals surface area contributed by atoms with E-state index in [1.54, 1.807) is 0 Å². The monoisotopic (exact) mass is 151 g/mol. The Balaban J connectivity index is 2.07. The first-order chi connectivity index (χ1) is 5.40. The van der Waals surface area contributed by atoms with Crippen molar-refractivity contribution < 1.29 is 0 Å². The van der Waals surface area contributed by atoms with E-state index in [0.717, 1.165) is 18.2 Å². The lowest BCUT2D eigenvalue weighted by molar-refractivity contribution is 0.540. The van der Waals surface area contributed by atoms with Gasteiger partial charge in [0.15, 0.2) is 0 Å². The maximum Gasteiger partial charge on any atom is 0.0519 e. The first kappa shape index (κ1) is 6.85. The van der Waals surface area contributed by atoms with Gasteiger partial charge in [0, 0.05) is 19.3 Å². The van der Waals surface area contributed by atoms with Gasteiger partial charge in [-0.15, -0.1) is 0 Å². The van der Waals surface area contributed by atoms with Crippen molar-refractivity contribution in [2.45, 2.75) is 25.9 Å². The van der Waals surface area contributed by atoms with Crippen LogP contribution in [0.4, 0.5) is 0 Å². The molecule has 0 radical (unpaired) electrons. The summed E-state index contributed by atoms with van der Waals surface area (Å²) in [5.74, 6) is 0.875. The smallest absolute Gasteiger partial charge is 0.0519 e. The predicted molar refractivity (Wildman–Crippen MR) is 42.8 cm³/mol. The molecule has 1 fully saturated rings.